The van der Waals surface area contributed by atoms with Gasteiger partial charge in [-0.2, -0.15) is 10.4 Å². The molecule has 4 rings (SSSR count). The summed E-state index contributed by atoms with van der Waals surface area (Å²) in [6, 6.07) is 11.1. The van der Waals surface area contributed by atoms with Gasteiger partial charge in [0.2, 0.25) is 0 Å². The van der Waals surface area contributed by atoms with Gasteiger partial charge in [-0.25, -0.2) is 14.6 Å². The molecule has 3 heterocycles. The van der Waals surface area contributed by atoms with Gasteiger partial charge in [-0.1, -0.05) is 24.3 Å². The molecule has 1 saturated heterocycles. The molecule has 3 aromatic rings. The highest BCUT2D eigenvalue weighted by Crippen LogP contribution is 2.38. The lowest BCUT2D eigenvalue weighted by Crippen LogP contribution is -2.24. The van der Waals surface area contributed by atoms with Crippen molar-refractivity contribution >= 4 is 16.9 Å². The van der Waals surface area contributed by atoms with Crippen LogP contribution in [0.25, 0.3) is 11.0 Å². The number of nitrogens with zero attached hydrogens (tertiary/aromatic N) is 6. The Morgan fingerprint density at radius 1 is 1.28 bits per heavy atom. The number of fused-ring (bicyclic) bond motifs is 1. The molecule has 0 bridgehead atoms. The Bertz CT molecular complexity index is 938. The van der Waals surface area contributed by atoms with E-state index < -0.39 is 0 Å². The van der Waals surface area contributed by atoms with E-state index in [0.29, 0.717) is 19.0 Å². The molecule has 25 heavy (non-hydrogen) atoms. The van der Waals surface area contributed by atoms with E-state index in [4.69, 9.17) is 5.26 Å². The van der Waals surface area contributed by atoms with Gasteiger partial charge in [-0.05, 0) is 30.9 Å². The zero-order valence-electron chi connectivity index (χ0n) is 14.3. The van der Waals surface area contributed by atoms with E-state index in [-0.39, 0.29) is 0 Å². The Labute approximate surface area is 146 Å². The van der Waals surface area contributed by atoms with Gasteiger partial charge in [0.25, 0.3) is 0 Å². The molecule has 0 unspecified atom stereocenters. The van der Waals surface area contributed by atoms with Crippen molar-refractivity contribution in [2.75, 3.05) is 11.4 Å². The van der Waals surface area contributed by atoms with E-state index in [0.717, 1.165) is 36.2 Å². The summed E-state index contributed by atoms with van der Waals surface area (Å²) in [5.74, 6) is 0.943. The lowest BCUT2D eigenvalue weighted by Gasteiger charge is -2.27. The minimum Gasteiger partial charge on any atom is -0.349 e. The second-order valence-electron chi connectivity index (χ2n) is 6.42. The van der Waals surface area contributed by atoms with Gasteiger partial charge in [-0.3, -0.25) is 0 Å². The summed E-state index contributed by atoms with van der Waals surface area (Å²) < 4.78 is 1.79. The number of hydrogen-bond donors (Lipinski definition) is 0. The first kappa shape index (κ1) is 15.6. The fourth-order valence-corrected chi connectivity index (χ4v) is 3.73. The number of aromatic nitrogens is 4. The normalized spacial score (nSPS) is 17.1. The first-order valence-corrected chi connectivity index (χ1v) is 8.65. The molecule has 1 fully saturated rings. The lowest BCUT2D eigenvalue weighted by atomic mass is 9.99. The molecule has 0 saturated carbocycles. The van der Waals surface area contributed by atoms with Crippen LogP contribution < -0.4 is 4.90 Å². The van der Waals surface area contributed by atoms with Crippen LogP contribution >= 0.6 is 0 Å². The third kappa shape index (κ3) is 2.72. The summed E-state index contributed by atoms with van der Waals surface area (Å²) in [7, 11) is 0. The summed E-state index contributed by atoms with van der Waals surface area (Å²) in [6.45, 7) is 3.70. The largest absolute Gasteiger partial charge is 0.349 e. The molecule has 0 amide bonds. The van der Waals surface area contributed by atoms with Crippen molar-refractivity contribution in [1.29, 1.82) is 5.26 Å². The van der Waals surface area contributed by atoms with Gasteiger partial charge >= 0.3 is 0 Å². The number of benzene rings is 1. The summed E-state index contributed by atoms with van der Waals surface area (Å²) in [4.78, 5) is 11.4. The third-order valence-corrected chi connectivity index (χ3v) is 4.92. The second kappa shape index (κ2) is 6.52. The molecular formula is C19H20N6. The van der Waals surface area contributed by atoms with Crippen molar-refractivity contribution in [2.45, 2.75) is 38.8 Å². The van der Waals surface area contributed by atoms with Crippen molar-refractivity contribution in [3.05, 3.63) is 47.9 Å². The molecule has 1 aromatic carbocycles. The molecule has 0 N–H and O–H groups in total. The van der Waals surface area contributed by atoms with Gasteiger partial charge in [-0.15, -0.1) is 0 Å². The van der Waals surface area contributed by atoms with Crippen molar-refractivity contribution in [2.24, 2.45) is 0 Å². The first-order valence-electron chi connectivity index (χ1n) is 8.65. The maximum Gasteiger partial charge on any atom is 0.163 e. The highest BCUT2D eigenvalue weighted by molar-refractivity contribution is 5.87. The van der Waals surface area contributed by atoms with Crippen LogP contribution in [0.1, 0.15) is 36.4 Å². The van der Waals surface area contributed by atoms with Crippen molar-refractivity contribution < 1.29 is 0 Å². The monoisotopic (exact) mass is 332 g/mol. The first-order chi connectivity index (χ1) is 12.3. The Morgan fingerprint density at radius 2 is 2.16 bits per heavy atom. The van der Waals surface area contributed by atoms with E-state index in [1.807, 2.05) is 6.20 Å². The van der Waals surface area contributed by atoms with Crippen LogP contribution in [0, 0.1) is 18.3 Å². The number of hydrogen-bond acceptors (Lipinski definition) is 5. The highest BCUT2D eigenvalue weighted by Gasteiger charge is 2.29. The Morgan fingerprint density at radius 3 is 3.00 bits per heavy atom. The van der Waals surface area contributed by atoms with E-state index >= 15 is 0 Å². The van der Waals surface area contributed by atoms with E-state index in [1.54, 1.807) is 11.0 Å². The second-order valence-corrected chi connectivity index (χ2v) is 6.42. The molecule has 1 aliphatic heterocycles. The van der Waals surface area contributed by atoms with Crippen LogP contribution in [-0.2, 0) is 6.54 Å². The van der Waals surface area contributed by atoms with Gasteiger partial charge in [0.05, 0.1) is 36.7 Å². The standard InChI is InChI=1S/C19H20N6/c1-14-6-2-3-7-15(14)17-8-4-10-24(17)18-16-12-23-25(11-5-9-20)19(16)22-13-21-18/h2-3,6-7,12-13,17H,4-5,8,10-11H2,1H3/t17-/m1/s1. The molecule has 0 radical (unpaired) electrons. The summed E-state index contributed by atoms with van der Waals surface area (Å²) >= 11 is 0. The predicted octanol–water partition coefficient (Wildman–Crippen LogP) is 3.39. The predicted molar refractivity (Wildman–Crippen MR) is 96.1 cm³/mol. The average molecular weight is 332 g/mol. The van der Waals surface area contributed by atoms with E-state index in [9.17, 15) is 0 Å². The van der Waals surface area contributed by atoms with E-state index in [2.05, 4.69) is 57.2 Å². The molecule has 1 atom stereocenters. The molecule has 126 valence electrons. The minimum atomic E-state index is 0.335. The maximum absolute atomic E-state index is 8.82. The van der Waals surface area contributed by atoms with Crippen molar-refractivity contribution in [3.8, 4) is 6.07 Å². The summed E-state index contributed by atoms with van der Waals surface area (Å²) in [5, 5.41) is 14.2. The molecule has 6 heteroatoms. The van der Waals surface area contributed by atoms with Gasteiger partial charge in [0.1, 0.15) is 12.1 Å². The Balaban J connectivity index is 1.75. The van der Waals surface area contributed by atoms with Gasteiger partial charge < -0.3 is 4.90 Å². The van der Waals surface area contributed by atoms with Crippen LogP contribution in [0.2, 0.25) is 0 Å². The molecule has 0 aliphatic carbocycles. The number of nitriles is 1. The van der Waals surface area contributed by atoms with Gasteiger partial charge in [0, 0.05) is 6.54 Å². The van der Waals surface area contributed by atoms with Crippen LogP contribution in [0.4, 0.5) is 5.82 Å². The maximum atomic E-state index is 8.82. The SMILES string of the molecule is Cc1ccccc1[C@H]1CCCN1c1ncnc2c1cnn2CCC#N. The Hall–Kier alpha value is -2.94. The molecular weight excluding hydrogens is 312 g/mol. The van der Waals surface area contributed by atoms with Crippen LogP contribution in [0.5, 0.6) is 0 Å². The van der Waals surface area contributed by atoms with Crippen LogP contribution in [0.15, 0.2) is 36.8 Å². The zero-order valence-corrected chi connectivity index (χ0v) is 14.3. The van der Waals surface area contributed by atoms with Crippen LogP contribution in [0.3, 0.4) is 0 Å². The smallest absolute Gasteiger partial charge is 0.163 e. The highest BCUT2D eigenvalue weighted by atomic mass is 15.3. The third-order valence-electron chi connectivity index (χ3n) is 4.92. The fraction of sp³-hybridized carbons (Fsp3) is 0.368. The lowest BCUT2D eigenvalue weighted by molar-refractivity contribution is 0.643. The molecule has 0 spiro atoms. The summed E-state index contributed by atoms with van der Waals surface area (Å²) in [6.07, 6.45) is 6.13. The quantitative estimate of drug-likeness (QED) is 0.732. The number of aryl methyl sites for hydroxylation is 2. The summed E-state index contributed by atoms with van der Waals surface area (Å²) in [5.41, 5.74) is 3.48. The van der Waals surface area contributed by atoms with Crippen LogP contribution in [-0.4, -0.2) is 26.3 Å². The van der Waals surface area contributed by atoms with Crippen molar-refractivity contribution in [1.82, 2.24) is 19.7 Å². The topological polar surface area (TPSA) is 70.6 Å². The fourth-order valence-electron chi connectivity index (χ4n) is 3.73. The molecule has 6 nitrogen and oxygen atoms in total. The Kier molecular flexibility index (Phi) is 4.06. The number of rotatable bonds is 4. The average Bonchev–Trinajstić information content (AvgIpc) is 3.27. The number of anilines is 1. The zero-order chi connectivity index (χ0) is 17.2. The molecule has 1 aliphatic rings. The molecule has 2 aromatic heterocycles. The minimum absolute atomic E-state index is 0.335. The van der Waals surface area contributed by atoms with Gasteiger partial charge in [0.15, 0.2) is 5.65 Å². The van der Waals surface area contributed by atoms with Crippen molar-refractivity contribution in [3.63, 3.8) is 0 Å². The van der Waals surface area contributed by atoms with E-state index in [1.165, 1.54) is 11.1 Å².